The third-order valence-corrected chi connectivity index (χ3v) is 4.76. The van der Waals surface area contributed by atoms with Crippen molar-refractivity contribution < 1.29 is 28.6 Å². The molecule has 0 aliphatic rings. The summed E-state index contributed by atoms with van der Waals surface area (Å²) < 4.78 is 28.4. The Morgan fingerprint density at radius 3 is 1.94 bits per heavy atom. The lowest BCUT2D eigenvalue weighted by atomic mass is 10.2. The molecule has 0 amide bonds. The van der Waals surface area contributed by atoms with Crippen LogP contribution in [0.4, 0.5) is 11.4 Å². The van der Waals surface area contributed by atoms with Crippen LogP contribution in [-0.2, 0) is 25.5 Å². The highest BCUT2D eigenvalue weighted by Crippen LogP contribution is 2.29. The van der Waals surface area contributed by atoms with Crippen molar-refractivity contribution in [2.75, 3.05) is 69.2 Å². The maximum atomic E-state index is 11.1. The van der Waals surface area contributed by atoms with Gasteiger partial charge in [-0.1, -0.05) is 52.9 Å². The lowest BCUT2D eigenvalue weighted by Crippen LogP contribution is -2.14. The van der Waals surface area contributed by atoms with Crippen molar-refractivity contribution >= 4 is 34.0 Å². The van der Waals surface area contributed by atoms with Gasteiger partial charge in [-0.3, -0.25) is 10.1 Å². The fraction of sp³-hybridized carbons (Fsp3) is 0.478. The molecule has 10 heteroatoms. The number of non-ortho nitro benzene ring substituents is 1. The van der Waals surface area contributed by atoms with Gasteiger partial charge in [0.25, 0.3) is 5.69 Å². The number of alkyl halides is 1. The van der Waals surface area contributed by atoms with Gasteiger partial charge in [0.05, 0.1) is 69.5 Å². The third kappa shape index (κ3) is 12.2. The second-order valence-corrected chi connectivity index (χ2v) is 7.84. The number of nitro groups is 1. The average Bonchev–Trinajstić information content (AvgIpc) is 2.83. The minimum Gasteiger partial charge on any atom is -0.489 e. The SMILES string of the molecule is O=[N+]([O-])c1ccc(NCc2ccccc2)c(OCCOCCOCCOCCOCCI)c1. The van der Waals surface area contributed by atoms with Crippen molar-refractivity contribution in [1.29, 1.82) is 0 Å². The molecule has 0 spiro atoms. The zero-order valence-electron chi connectivity index (χ0n) is 18.6. The predicted octanol–water partition coefficient (Wildman–Crippen LogP) is 4.09. The number of ether oxygens (including phenoxy) is 5. The van der Waals surface area contributed by atoms with E-state index < -0.39 is 4.92 Å². The minimum absolute atomic E-state index is 0.0247. The predicted molar refractivity (Wildman–Crippen MR) is 135 cm³/mol. The fourth-order valence-corrected chi connectivity index (χ4v) is 3.02. The topological polar surface area (TPSA) is 101 Å². The number of halogens is 1. The van der Waals surface area contributed by atoms with Gasteiger partial charge in [0.15, 0.2) is 0 Å². The zero-order valence-corrected chi connectivity index (χ0v) is 20.7. The van der Waals surface area contributed by atoms with Gasteiger partial charge >= 0.3 is 0 Å². The smallest absolute Gasteiger partial charge is 0.273 e. The molecule has 0 bridgehead atoms. The highest BCUT2D eigenvalue weighted by Gasteiger charge is 2.12. The Labute approximate surface area is 208 Å². The zero-order chi connectivity index (χ0) is 23.6. The number of nitrogens with one attached hydrogen (secondary N) is 1. The molecule has 9 nitrogen and oxygen atoms in total. The Hall–Kier alpha value is -1.99. The van der Waals surface area contributed by atoms with E-state index in [-0.39, 0.29) is 12.3 Å². The molecule has 182 valence electrons. The van der Waals surface area contributed by atoms with Gasteiger partial charge in [-0.25, -0.2) is 0 Å². The molecular weight excluding hydrogens is 543 g/mol. The van der Waals surface area contributed by atoms with Crippen LogP contribution in [0.5, 0.6) is 5.75 Å². The molecule has 2 aromatic carbocycles. The molecule has 0 saturated heterocycles. The van der Waals surface area contributed by atoms with E-state index in [1.54, 1.807) is 6.07 Å². The maximum Gasteiger partial charge on any atom is 0.273 e. The van der Waals surface area contributed by atoms with Crippen molar-refractivity contribution in [3.05, 3.63) is 64.2 Å². The standard InChI is InChI=1S/C23H31IN2O7/c24-8-9-29-10-11-30-12-13-31-14-15-32-16-17-33-23-18-21(26(27)28)6-7-22(23)25-19-20-4-2-1-3-5-20/h1-7,18,25H,8-17,19H2. The van der Waals surface area contributed by atoms with Crippen LogP contribution < -0.4 is 10.1 Å². The Bertz CT molecular complexity index is 796. The molecule has 0 heterocycles. The van der Waals surface area contributed by atoms with E-state index in [0.717, 1.165) is 16.6 Å². The van der Waals surface area contributed by atoms with Crippen molar-refractivity contribution in [2.45, 2.75) is 6.54 Å². The molecule has 0 unspecified atom stereocenters. The highest BCUT2D eigenvalue weighted by atomic mass is 127. The number of anilines is 1. The largest absolute Gasteiger partial charge is 0.489 e. The number of rotatable bonds is 19. The molecule has 0 saturated carbocycles. The fourth-order valence-electron chi connectivity index (χ4n) is 2.71. The first kappa shape index (κ1) is 27.3. The Balaban J connectivity index is 1.62. The number of hydrogen-bond donors (Lipinski definition) is 1. The summed E-state index contributed by atoms with van der Waals surface area (Å²) in [5.74, 6) is 0.416. The van der Waals surface area contributed by atoms with Crippen LogP contribution in [-0.4, -0.2) is 68.8 Å². The lowest BCUT2D eigenvalue weighted by molar-refractivity contribution is -0.384. The summed E-state index contributed by atoms with van der Waals surface area (Å²) in [6, 6.07) is 14.4. The molecule has 2 aromatic rings. The van der Waals surface area contributed by atoms with E-state index in [2.05, 4.69) is 27.9 Å². The van der Waals surface area contributed by atoms with Crippen LogP contribution in [0.15, 0.2) is 48.5 Å². The van der Waals surface area contributed by atoms with Gasteiger partial charge < -0.3 is 29.0 Å². The highest BCUT2D eigenvalue weighted by molar-refractivity contribution is 14.1. The number of nitrogens with zero attached hydrogens (tertiary/aromatic N) is 1. The Kier molecular flexibility index (Phi) is 14.4. The molecular formula is C23H31IN2O7. The summed E-state index contributed by atoms with van der Waals surface area (Å²) in [5, 5.41) is 14.4. The van der Waals surface area contributed by atoms with Crippen LogP contribution in [0.25, 0.3) is 0 Å². The number of benzene rings is 2. The van der Waals surface area contributed by atoms with Gasteiger partial charge in [-0.05, 0) is 11.6 Å². The van der Waals surface area contributed by atoms with Crippen LogP contribution in [0, 0.1) is 10.1 Å². The molecule has 2 rings (SSSR count). The van der Waals surface area contributed by atoms with Gasteiger partial charge in [-0.15, -0.1) is 0 Å². The first-order valence-corrected chi connectivity index (χ1v) is 12.3. The van der Waals surface area contributed by atoms with E-state index in [4.69, 9.17) is 23.7 Å². The number of hydrogen-bond acceptors (Lipinski definition) is 8. The maximum absolute atomic E-state index is 11.1. The quantitative estimate of drug-likeness (QED) is 0.0881. The molecule has 1 N–H and O–H groups in total. The minimum atomic E-state index is -0.441. The van der Waals surface area contributed by atoms with Gasteiger partial charge in [0.1, 0.15) is 12.4 Å². The van der Waals surface area contributed by atoms with E-state index in [1.165, 1.54) is 12.1 Å². The van der Waals surface area contributed by atoms with E-state index in [1.807, 2.05) is 30.3 Å². The van der Waals surface area contributed by atoms with Crippen molar-refractivity contribution in [3.63, 3.8) is 0 Å². The van der Waals surface area contributed by atoms with Gasteiger partial charge in [0.2, 0.25) is 0 Å². The molecule has 0 fully saturated rings. The molecule has 0 radical (unpaired) electrons. The molecule has 0 aromatic heterocycles. The summed E-state index contributed by atoms with van der Waals surface area (Å²) in [4.78, 5) is 10.7. The third-order valence-electron chi connectivity index (χ3n) is 4.32. The second-order valence-electron chi connectivity index (χ2n) is 6.76. The summed E-state index contributed by atoms with van der Waals surface area (Å²) in [6.45, 7) is 4.99. The normalized spacial score (nSPS) is 10.8. The van der Waals surface area contributed by atoms with Crippen molar-refractivity contribution in [2.24, 2.45) is 0 Å². The van der Waals surface area contributed by atoms with Crippen LogP contribution in [0.1, 0.15) is 5.56 Å². The van der Waals surface area contributed by atoms with Crippen LogP contribution in [0.3, 0.4) is 0 Å². The van der Waals surface area contributed by atoms with Crippen LogP contribution >= 0.6 is 22.6 Å². The average molecular weight is 574 g/mol. The van der Waals surface area contributed by atoms with Crippen molar-refractivity contribution in [3.8, 4) is 5.75 Å². The summed E-state index contributed by atoms with van der Waals surface area (Å²) in [6.07, 6.45) is 0. The summed E-state index contributed by atoms with van der Waals surface area (Å²) >= 11 is 2.26. The molecule has 0 atom stereocenters. The Morgan fingerprint density at radius 1 is 0.788 bits per heavy atom. The van der Waals surface area contributed by atoms with Crippen molar-refractivity contribution in [1.82, 2.24) is 0 Å². The molecule has 33 heavy (non-hydrogen) atoms. The summed E-state index contributed by atoms with van der Waals surface area (Å²) in [5.41, 5.74) is 1.76. The lowest BCUT2D eigenvalue weighted by Gasteiger charge is -2.13. The monoisotopic (exact) mass is 574 g/mol. The van der Waals surface area contributed by atoms with Gasteiger partial charge in [-0.2, -0.15) is 0 Å². The van der Waals surface area contributed by atoms with E-state index >= 15 is 0 Å². The first-order valence-electron chi connectivity index (χ1n) is 10.8. The van der Waals surface area contributed by atoms with Gasteiger partial charge in [0, 0.05) is 17.0 Å². The Morgan fingerprint density at radius 2 is 1.36 bits per heavy atom. The van der Waals surface area contributed by atoms with Crippen LogP contribution in [0.2, 0.25) is 0 Å². The molecule has 0 aliphatic carbocycles. The first-order chi connectivity index (χ1) is 16.2. The molecule has 0 aliphatic heterocycles. The van der Waals surface area contributed by atoms with E-state index in [9.17, 15) is 10.1 Å². The van der Waals surface area contributed by atoms with E-state index in [0.29, 0.717) is 64.2 Å². The number of nitro benzene ring substituents is 1. The summed E-state index contributed by atoms with van der Waals surface area (Å²) in [7, 11) is 0. The second kappa shape index (κ2) is 17.5.